The van der Waals surface area contributed by atoms with Gasteiger partial charge < -0.3 is 10.4 Å². The van der Waals surface area contributed by atoms with Gasteiger partial charge in [0, 0.05) is 12.6 Å². The molecule has 2 N–H and O–H groups in total. The third-order valence-corrected chi connectivity index (χ3v) is 3.13. The predicted octanol–water partition coefficient (Wildman–Crippen LogP) is 1.70. The molecule has 1 aliphatic heterocycles. The molecule has 76 valence electrons. The van der Waals surface area contributed by atoms with Crippen molar-refractivity contribution in [2.75, 3.05) is 6.54 Å². The zero-order valence-corrected chi connectivity index (χ0v) is 8.75. The molecule has 1 aliphatic rings. The largest absolute Gasteiger partial charge is 0.392 e. The van der Waals surface area contributed by atoms with Crippen LogP contribution in [0.15, 0.2) is 18.2 Å². The summed E-state index contributed by atoms with van der Waals surface area (Å²) in [4.78, 5) is 0. The Morgan fingerprint density at radius 3 is 2.79 bits per heavy atom. The lowest BCUT2D eigenvalue weighted by atomic mass is 9.96. The van der Waals surface area contributed by atoms with Crippen LogP contribution in [0.4, 0.5) is 0 Å². The quantitative estimate of drug-likeness (QED) is 0.708. The first-order valence-electron chi connectivity index (χ1n) is 5.16. The van der Waals surface area contributed by atoms with Crippen LogP contribution in [0.3, 0.4) is 0 Å². The number of nitrogens with one attached hydrogen (secondary N) is 1. The van der Waals surface area contributed by atoms with Crippen molar-refractivity contribution < 1.29 is 5.11 Å². The highest BCUT2D eigenvalue weighted by molar-refractivity contribution is 5.35. The van der Waals surface area contributed by atoms with Crippen molar-refractivity contribution in [3.63, 3.8) is 0 Å². The Balaban J connectivity index is 2.28. The molecule has 1 fully saturated rings. The van der Waals surface area contributed by atoms with Crippen molar-refractivity contribution >= 4 is 0 Å². The minimum Gasteiger partial charge on any atom is -0.392 e. The summed E-state index contributed by atoms with van der Waals surface area (Å²) in [5.74, 6) is 0. The molecule has 1 aromatic rings. The van der Waals surface area contributed by atoms with E-state index in [1.54, 1.807) is 0 Å². The van der Waals surface area contributed by atoms with Gasteiger partial charge in [-0.25, -0.2) is 0 Å². The van der Waals surface area contributed by atoms with Gasteiger partial charge in [-0.15, -0.1) is 0 Å². The van der Waals surface area contributed by atoms with E-state index in [0.29, 0.717) is 6.04 Å². The van der Waals surface area contributed by atoms with Crippen LogP contribution in [0.2, 0.25) is 0 Å². The fourth-order valence-electron chi connectivity index (χ4n) is 2.11. The summed E-state index contributed by atoms with van der Waals surface area (Å²) < 4.78 is 0. The minimum atomic E-state index is -0.181. The normalized spacial score (nSPS) is 26.8. The minimum absolute atomic E-state index is 0.181. The SMILES string of the molecule is Cc1cccc(C2CC(O)CN2)c1C. The summed E-state index contributed by atoms with van der Waals surface area (Å²) in [6.45, 7) is 5.00. The van der Waals surface area contributed by atoms with Crippen LogP contribution >= 0.6 is 0 Å². The van der Waals surface area contributed by atoms with Gasteiger partial charge >= 0.3 is 0 Å². The van der Waals surface area contributed by atoms with E-state index in [1.165, 1.54) is 16.7 Å². The lowest BCUT2D eigenvalue weighted by Crippen LogP contribution is -2.15. The molecule has 0 saturated carbocycles. The first-order valence-corrected chi connectivity index (χ1v) is 5.16. The van der Waals surface area contributed by atoms with Gasteiger partial charge in [0.25, 0.3) is 0 Å². The number of aliphatic hydroxyl groups excluding tert-OH is 1. The number of aliphatic hydroxyl groups is 1. The lowest BCUT2D eigenvalue weighted by molar-refractivity contribution is 0.193. The third-order valence-electron chi connectivity index (χ3n) is 3.13. The van der Waals surface area contributed by atoms with Crippen LogP contribution in [0.25, 0.3) is 0 Å². The van der Waals surface area contributed by atoms with E-state index in [0.717, 1.165) is 13.0 Å². The van der Waals surface area contributed by atoms with Crippen LogP contribution in [0.5, 0.6) is 0 Å². The van der Waals surface area contributed by atoms with E-state index in [9.17, 15) is 5.11 Å². The molecule has 1 saturated heterocycles. The number of β-amino-alcohol motifs (C(OH)–C–C–N with tert-alkyl or cyclic N) is 1. The fourth-order valence-corrected chi connectivity index (χ4v) is 2.11. The molecule has 0 radical (unpaired) electrons. The molecular formula is C12H17NO. The van der Waals surface area contributed by atoms with Gasteiger partial charge in [-0.1, -0.05) is 18.2 Å². The third kappa shape index (κ3) is 1.68. The predicted molar refractivity (Wildman–Crippen MR) is 57.3 cm³/mol. The van der Waals surface area contributed by atoms with E-state index in [4.69, 9.17) is 0 Å². The number of rotatable bonds is 1. The van der Waals surface area contributed by atoms with Gasteiger partial charge in [0.2, 0.25) is 0 Å². The van der Waals surface area contributed by atoms with Crippen molar-refractivity contribution in [1.82, 2.24) is 5.32 Å². The Bertz CT molecular complexity index is 335. The first kappa shape index (κ1) is 9.69. The van der Waals surface area contributed by atoms with Crippen LogP contribution in [-0.4, -0.2) is 17.8 Å². The van der Waals surface area contributed by atoms with Crippen LogP contribution in [0.1, 0.15) is 29.2 Å². The van der Waals surface area contributed by atoms with E-state index in [-0.39, 0.29) is 6.10 Å². The van der Waals surface area contributed by atoms with Crippen molar-refractivity contribution in [2.45, 2.75) is 32.4 Å². The molecule has 0 amide bonds. The second-order valence-corrected chi connectivity index (χ2v) is 4.14. The van der Waals surface area contributed by atoms with Gasteiger partial charge in [-0.3, -0.25) is 0 Å². The summed E-state index contributed by atoms with van der Waals surface area (Å²) in [5.41, 5.74) is 4.01. The van der Waals surface area contributed by atoms with Crippen molar-refractivity contribution in [1.29, 1.82) is 0 Å². The number of hydrogen-bond donors (Lipinski definition) is 2. The van der Waals surface area contributed by atoms with Crippen molar-refractivity contribution in [3.05, 3.63) is 34.9 Å². The molecule has 1 aromatic carbocycles. The molecule has 0 spiro atoms. The van der Waals surface area contributed by atoms with Gasteiger partial charge in [-0.05, 0) is 37.0 Å². The monoisotopic (exact) mass is 191 g/mol. The molecule has 0 aliphatic carbocycles. The lowest BCUT2D eigenvalue weighted by Gasteiger charge is -2.15. The number of hydrogen-bond acceptors (Lipinski definition) is 2. The number of aryl methyl sites for hydroxylation is 1. The zero-order valence-electron chi connectivity index (χ0n) is 8.75. The Labute approximate surface area is 85.0 Å². The summed E-state index contributed by atoms with van der Waals surface area (Å²) >= 11 is 0. The maximum absolute atomic E-state index is 9.46. The van der Waals surface area contributed by atoms with Crippen molar-refractivity contribution in [2.24, 2.45) is 0 Å². The average molecular weight is 191 g/mol. The van der Waals surface area contributed by atoms with Crippen LogP contribution in [-0.2, 0) is 0 Å². The molecule has 2 unspecified atom stereocenters. The molecule has 0 bridgehead atoms. The summed E-state index contributed by atoms with van der Waals surface area (Å²) in [7, 11) is 0. The average Bonchev–Trinajstić information content (AvgIpc) is 2.57. The Kier molecular flexibility index (Phi) is 2.57. The fraction of sp³-hybridized carbons (Fsp3) is 0.500. The highest BCUT2D eigenvalue weighted by atomic mass is 16.3. The maximum Gasteiger partial charge on any atom is 0.0682 e. The molecule has 2 rings (SSSR count). The van der Waals surface area contributed by atoms with Gasteiger partial charge in [0.15, 0.2) is 0 Å². The molecule has 2 heteroatoms. The Morgan fingerprint density at radius 2 is 2.14 bits per heavy atom. The highest BCUT2D eigenvalue weighted by Crippen LogP contribution is 2.27. The second-order valence-electron chi connectivity index (χ2n) is 4.14. The Hall–Kier alpha value is -0.860. The van der Waals surface area contributed by atoms with Crippen LogP contribution < -0.4 is 5.32 Å². The van der Waals surface area contributed by atoms with Gasteiger partial charge in [0.1, 0.15) is 0 Å². The smallest absolute Gasteiger partial charge is 0.0682 e. The molecule has 2 nitrogen and oxygen atoms in total. The molecular weight excluding hydrogens is 174 g/mol. The molecule has 0 aromatic heterocycles. The summed E-state index contributed by atoms with van der Waals surface area (Å²) in [6, 6.07) is 6.71. The first-order chi connectivity index (χ1) is 6.68. The van der Waals surface area contributed by atoms with E-state index in [1.807, 2.05) is 0 Å². The molecule has 14 heavy (non-hydrogen) atoms. The van der Waals surface area contributed by atoms with E-state index in [2.05, 4.69) is 37.4 Å². The zero-order chi connectivity index (χ0) is 10.1. The van der Waals surface area contributed by atoms with Crippen molar-refractivity contribution in [3.8, 4) is 0 Å². The standard InChI is InChI=1S/C12H17NO/c1-8-4-3-5-11(9(8)2)12-6-10(14)7-13-12/h3-5,10,12-14H,6-7H2,1-2H3. The summed E-state index contributed by atoms with van der Waals surface area (Å²) in [5, 5.41) is 12.8. The summed E-state index contributed by atoms with van der Waals surface area (Å²) in [6.07, 6.45) is 0.657. The molecule has 1 heterocycles. The van der Waals surface area contributed by atoms with E-state index >= 15 is 0 Å². The molecule has 2 atom stereocenters. The van der Waals surface area contributed by atoms with Crippen LogP contribution in [0, 0.1) is 13.8 Å². The second kappa shape index (κ2) is 3.71. The maximum atomic E-state index is 9.46. The van der Waals surface area contributed by atoms with Gasteiger partial charge in [-0.2, -0.15) is 0 Å². The highest BCUT2D eigenvalue weighted by Gasteiger charge is 2.24. The number of benzene rings is 1. The topological polar surface area (TPSA) is 32.3 Å². The Morgan fingerprint density at radius 1 is 1.36 bits per heavy atom. The van der Waals surface area contributed by atoms with Gasteiger partial charge in [0.05, 0.1) is 6.10 Å². The van der Waals surface area contributed by atoms with E-state index < -0.39 is 0 Å².